The molecule has 1 fully saturated rings. The lowest BCUT2D eigenvalue weighted by Crippen LogP contribution is -2.34. The van der Waals surface area contributed by atoms with Crippen LogP contribution >= 0.6 is 0 Å². The zero-order chi connectivity index (χ0) is 19.7. The average molecular weight is 372 g/mol. The Bertz CT molecular complexity index is 890. The monoisotopic (exact) mass is 372 g/mol. The van der Waals surface area contributed by atoms with Crippen LogP contribution < -0.4 is 10.2 Å². The molecule has 7 heteroatoms. The molecule has 6 nitrogen and oxygen atoms in total. The van der Waals surface area contributed by atoms with Crippen molar-refractivity contribution >= 4 is 17.5 Å². The maximum atomic E-state index is 14.2. The molecular formula is C20H25FN4O2. The molecule has 3 rings (SSSR count). The molecule has 1 aromatic heterocycles. The number of aryl methyl sites for hydroxylation is 3. The standard InChI is InChI=1S/C20H25FN4O2/c1-12-5-6-18(17(21)9-12)25-11-15(10-19(25)26)20(27)22-8-7-16-13(2)23-24(4)14(16)3/h5-6,9,15H,7-8,10-11H2,1-4H3,(H,22,27). The number of nitrogens with one attached hydrogen (secondary N) is 1. The van der Waals surface area contributed by atoms with Crippen molar-refractivity contribution in [2.24, 2.45) is 13.0 Å². The van der Waals surface area contributed by atoms with Gasteiger partial charge in [-0.15, -0.1) is 0 Å². The first-order valence-electron chi connectivity index (χ1n) is 9.11. The van der Waals surface area contributed by atoms with Crippen molar-refractivity contribution in [1.82, 2.24) is 15.1 Å². The van der Waals surface area contributed by atoms with Gasteiger partial charge in [0, 0.05) is 32.3 Å². The summed E-state index contributed by atoms with van der Waals surface area (Å²) in [5.41, 5.74) is 4.20. The minimum Gasteiger partial charge on any atom is -0.355 e. The van der Waals surface area contributed by atoms with E-state index in [-0.39, 0.29) is 30.5 Å². The van der Waals surface area contributed by atoms with Crippen LogP contribution in [0.4, 0.5) is 10.1 Å². The SMILES string of the molecule is Cc1ccc(N2CC(C(=O)NCCc3c(C)nn(C)c3C)CC2=O)c(F)c1. The van der Waals surface area contributed by atoms with Gasteiger partial charge in [-0.05, 0) is 50.5 Å². The lowest BCUT2D eigenvalue weighted by Gasteiger charge is -2.17. The van der Waals surface area contributed by atoms with Gasteiger partial charge in [-0.2, -0.15) is 5.10 Å². The minimum atomic E-state index is -0.464. The largest absolute Gasteiger partial charge is 0.355 e. The van der Waals surface area contributed by atoms with E-state index >= 15 is 0 Å². The number of hydrogen-bond acceptors (Lipinski definition) is 3. The fourth-order valence-electron chi connectivity index (χ4n) is 3.58. The quantitative estimate of drug-likeness (QED) is 0.875. The maximum absolute atomic E-state index is 14.2. The third-order valence-corrected chi connectivity index (χ3v) is 5.22. The van der Waals surface area contributed by atoms with Crippen molar-refractivity contribution in [2.75, 3.05) is 18.0 Å². The molecule has 1 aromatic carbocycles. The molecule has 0 radical (unpaired) electrons. The summed E-state index contributed by atoms with van der Waals surface area (Å²) in [4.78, 5) is 26.1. The van der Waals surface area contributed by atoms with Gasteiger partial charge in [0.05, 0.1) is 17.3 Å². The van der Waals surface area contributed by atoms with Crippen LogP contribution in [0.5, 0.6) is 0 Å². The summed E-state index contributed by atoms with van der Waals surface area (Å²) in [6, 6.07) is 4.75. The first-order chi connectivity index (χ1) is 12.8. The third-order valence-electron chi connectivity index (χ3n) is 5.22. The Hall–Kier alpha value is -2.70. The fraction of sp³-hybridized carbons (Fsp3) is 0.450. The number of hydrogen-bond donors (Lipinski definition) is 1. The van der Waals surface area contributed by atoms with E-state index in [1.807, 2.05) is 25.6 Å². The Balaban J connectivity index is 1.59. The molecule has 144 valence electrons. The summed E-state index contributed by atoms with van der Waals surface area (Å²) in [5, 5.41) is 7.28. The van der Waals surface area contributed by atoms with Crippen LogP contribution in [0.2, 0.25) is 0 Å². The van der Waals surface area contributed by atoms with Crippen molar-refractivity contribution < 1.29 is 14.0 Å². The van der Waals surface area contributed by atoms with Gasteiger partial charge in [-0.25, -0.2) is 4.39 Å². The van der Waals surface area contributed by atoms with Crippen LogP contribution in [0.15, 0.2) is 18.2 Å². The summed E-state index contributed by atoms with van der Waals surface area (Å²) in [7, 11) is 1.90. The summed E-state index contributed by atoms with van der Waals surface area (Å²) >= 11 is 0. The molecule has 27 heavy (non-hydrogen) atoms. The molecule has 1 saturated heterocycles. The van der Waals surface area contributed by atoms with E-state index < -0.39 is 11.7 Å². The smallest absolute Gasteiger partial charge is 0.227 e. The van der Waals surface area contributed by atoms with Gasteiger partial charge in [-0.3, -0.25) is 14.3 Å². The van der Waals surface area contributed by atoms with E-state index in [9.17, 15) is 14.0 Å². The van der Waals surface area contributed by atoms with Crippen molar-refractivity contribution in [3.63, 3.8) is 0 Å². The molecule has 1 aliphatic heterocycles. The number of halogens is 1. The number of carbonyl (C=O) groups excluding carboxylic acids is 2. The molecule has 1 atom stereocenters. The van der Waals surface area contributed by atoms with Crippen LogP contribution in [0, 0.1) is 32.5 Å². The van der Waals surface area contributed by atoms with E-state index in [1.165, 1.54) is 11.0 Å². The van der Waals surface area contributed by atoms with Crippen LogP contribution in [-0.2, 0) is 23.1 Å². The number of anilines is 1. The zero-order valence-electron chi connectivity index (χ0n) is 16.2. The molecule has 1 N–H and O–H groups in total. The first-order valence-corrected chi connectivity index (χ1v) is 9.11. The van der Waals surface area contributed by atoms with Crippen molar-refractivity contribution in [3.8, 4) is 0 Å². The van der Waals surface area contributed by atoms with E-state index in [2.05, 4.69) is 10.4 Å². The molecular weight excluding hydrogens is 347 g/mol. The lowest BCUT2D eigenvalue weighted by molar-refractivity contribution is -0.126. The van der Waals surface area contributed by atoms with Crippen LogP contribution in [-0.4, -0.2) is 34.7 Å². The van der Waals surface area contributed by atoms with E-state index in [0.29, 0.717) is 13.0 Å². The van der Waals surface area contributed by atoms with Crippen molar-refractivity contribution in [2.45, 2.75) is 33.6 Å². The number of rotatable bonds is 5. The molecule has 2 amide bonds. The number of carbonyl (C=O) groups is 2. The summed E-state index contributed by atoms with van der Waals surface area (Å²) < 4.78 is 16.0. The first kappa shape index (κ1) is 19.1. The molecule has 1 unspecified atom stereocenters. The molecule has 2 aromatic rings. The molecule has 2 heterocycles. The second-order valence-corrected chi connectivity index (χ2v) is 7.17. The minimum absolute atomic E-state index is 0.101. The van der Waals surface area contributed by atoms with Crippen LogP contribution in [0.25, 0.3) is 0 Å². The number of nitrogens with zero attached hydrogens (tertiary/aromatic N) is 3. The highest BCUT2D eigenvalue weighted by atomic mass is 19.1. The topological polar surface area (TPSA) is 67.2 Å². The van der Waals surface area contributed by atoms with Gasteiger partial charge in [-0.1, -0.05) is 6.07 Å². The average Bonchev–Trinajstić information content (AvgIpc) is 3.09. The third kappa shape index (κ3) is 3.86. The van der Waals surface area contributed by atoms with Crippen LogP contribution in [0.1, 0.15) is 28.9 Å². The summed E-state index contributed by atoms with van der Waals surface area (Å²) in [6.45, 7) is 6.43. The Kier molecular flexibility index (Phi) is 5.30. The number of benzene rings is 1. The Morgan fingerprint density at radius 2 is 2.07 bits per heavy atom. The molecule has 0 aliphatic carbocycles. The van der Waals surface area contributed by atoms with Gasteiger partial charge >= 0.3 is 0 Å². The Labute approximate surface area is 158 Å². The maximum Gasteiger partial charge on any atom is 0.227 e. The van der Waals surface area contributed by atoms with E-state index in [4.69, 9.17) is 0 Å². The second kappa shape index (κ2) is 7.50. The highest BCUT2D eigenvalue weighted by Crippen LogP contribution is 2.28. The van der Waals surface area contributed by atoms with Crippen LogP contribution in [0.3, 0.4) is 0 Å². The van der Waals surface area contributed by atoms with Gasteiger partial charge in [0.2, 0.25) is 11.8 Å². The highest BCUT2D eigenvalue weighted by Gasteiger charge is 2.36. The number of aromatic nitrogens is 2. The lowest BCUT2D eigenvalue weighted by atomic mass is 10.1. The molecule has 0 spiro atoms. The number of amides is 2. The van der Waals surface area contributed by atoms with Crippen molar-refractivity contribution in [1.29, 1.82) is 0 Å². The summed E-state index contributed by atoms with van der Waals surface area (Å²) in [5.74, 6) is -1.30. The normalized spacial score (nSPS) is 16.9. The Morgan fingerprint density at radius 1 is 1.33 bits per heavy atom. The summed E-state index contributed by atoms with van der Waals surface area (Å²) in [6.07, 6.45) is 0.790. The Morgan fingerprint density at radius 3 is 2.70 bits per heavy atom. The second-order valence-electron chi connectivity index (χ2n) is 7.17. The highest BCUT2D eigenvalue weighted by molar-refractivity contribution is 6.00. The van der Waals surface area contributed by atoms with Gasteiger partial charge in [0.15, 0.2) is 0 Å². The predicted octanol–water partition coefficient (Wildman–Crippen LogP) is 2.20. The van der Waals surface area contributed by atoms with Gasteiger partial charge in [0.25, 0.3) is 0 Å². The fourth-order valence-corrected chi connectivity index (χ4v) is 3.58. The van der Waals surface area contributed by atoms with E-state index in [0.717, 1.165) is 22.5 Å². The molecule has 0 bridgehead atoms. The predicted molar refractivity (Wildman–Crippen MR) is 101 cm³/mol. The zero-order valence-corrected chi connectivity index (χ0v) is 16.2. The van der Waals surface area contributed by atoms with Gasteiger partial charge < -0.3 is 10.2 Å². The van der Waals surface area contributed by atoms with E-state index in [1.54, 1.807) is 19.1 Å². The van der Waals surface area contributed by atoms with Gasteiger partial charge in [0.1, 0.15) is 5.82 Å². The molecule has 1 aliphatic rings. The molecule has 0 saturated carbocycles. The van der Waals surface area contributed by atoms with Crippen molar-refractivity contribution in [3.05, 3.63) is 46.5 Å².